The van der Waals surface area contributed by atoms with Gasteiger partial charge in [-0.3, -0.25) is 9.59 Å². The van der Waals surface area contributed by atoms with Gasteiger partial charge in [-0.05, 0) is 57.8 Å². The summed E-state index contributed by atoms with van der Waals surface area (Å²) in [6.07, 6.45) is 56.9. The van der Waals surface area contributed by atoms with Crippen molar-refractivity contribution in [3.05, 3.63) is 48.6 Å². The summed E-state index contributed by atoms with van der Waals surface area (Å²) in [5.74, 6) is -0.411. The van der Waals surface area contributed by atoms with E-state index in [4.69, 9.17) is 14.2 Å². The first-order chi connectivity index (χ1) is 27.6. The molecular formula is C51H92O5. The fourth-order valence-corrected chi connectivity index (χ4v) is 6.80. The van der Waals surface area contributed by atoms with E-state index in [9.17, 15) is 9.59 Å². The van der Waals surface area contributed by atoms with Gasteiger partial charge >= 0.3 is 11.9 Å². The van der Waals surface area contributed by atoms with E-state index < -0.39 is 6.10 Å². The zero-order valence-corrected chi connectivity index (χ0v) is 37.4. The van der Waals surface area contributed by atoms with Crippen molar-refractivity contribution in [1.29, 1.82) is 0 Å². The molecule has 0 aromatic heterocycles. The molecule has 0 aliphatic carbocycles. The quantitative estimate of drug-likeness (QED) is 0.0350. The van der Waals surface area contributed by atoms with E-state index in [2.05, 4.69) is 69.4 Å². The van der Waals surface area contributed by atoms with Gasteiger partial charge in [0.2, 0.25) is 0 Å². The molecule has 0 rings (SSSR count). The lowest BCUT2D eigenvalue weighted by Gasteiger charge is -2.18. The summed E-state index contributed by atoms with van der Waals surface area (Å²) in [6, 6.07) is 0. The van der Waals surface area contributed by atoms with Gasteiger partial charge in [0, 0.05) is 19.4 Å². The molecule has 5 heteroatoms. The first-order valence-corrected chi connectivity index (χ1v) is 24.2. The van der Waals surface area contributed by atoms with E-state index in [0.29, 0.717) is 19.4 Å². The highest BCUT2D eigenvalue weighted by atomic mass is 16.6. The molecule has 0 radical (unpaired) electrons. The number of unbranched alkanes of at least 4 members (excludes halogenated alkanes) is 25. The summed E-state index contributed by atoms with van der Waals surface area (Å²) in [5, 5.41) is 0. The Morgan fingerprint density at radius 1 is 0.411 bits per heavy atom. The molecule has 0 amide bonds. The van der Waals surface area contributed by atoms with Gasteiger partial charge < -0.3 is 14.2 Å². The maximum atomic E-state index is 12.6. The molecule has 0 heterocycles. The molecule has 0 aromatic rings. The third kappa shape index (κ3) is 44.6. The van der Waals surface area contributed by atoms with Crippen molar-refractivity contribution in [3.8, 4) is 0 Å². The number of esters is 2. The molecule has 1 atom stereocenters. The fraction of sp³-hybridized carbons (Fsp3) is 0.804. The van der Waals surface area contributed by atoms with E-state index >= 15 is 0 Å². The maximum Gasteiger partial charge on any atom is 0.306 e. The first kappa shape index (κ1) is 53.9. The number of rotatable bonds is 44. The van der Waals surface area contributed by atoms with Crippen molar-refractivity contribution in [2.45, 2.75) is 245 Å². The Bertz CT molecular complexity index is 935. The second-order valence-electron chi connectivity index (χ2n) is 16.0. The van der Waals surface area contributed by atoms with Crippen LogP contribution < -0.4 is 0 Å². The van der Waals surface area contributed by atoms with Gasteiger partial charge in [-0.1, -0.05) is 217 Å². The lowest BCUT2D eigenvalue weighted by atomic mass is 10.0. The minimum Gasteiger partial charge on any atom is -0.462 e. The van der Waals surface area contributed by atoms with E-state index in [-0.39, 0.29) is 25.2 Å². The highest BCUT2D eigenvalue weighted by Crippen LogP contribution is 2.14. The molecular weight excluding hydrogens is 693 g/mol. The molecule has 0 saturated heterocycles. The Morgan fingerprint density at radius 2 is 0.804 bits per heavy atom. The van der Waals surface area contributed by atoms with Gasteiger partial charge in [0.05, 0.1) is 6.61 Å². The second-order valence-corrected chi connectivity index (χ2v) is 16.0. The lowest BCUT2D eigenvalue weighted by Crippen LogP contribution is -2.30. The molecule has 56 heavy (non-hydrogen) atoms. The fourth-order valence-electron chi connectivity index (χ4n) is 6.80. The number of ether oxygens (including phenoxy) is 3. The Labute approximate surface area is 348 Å². The highest BCUT2D eigenvalue weighted by Gasteiger charge is 2.17. The average Bonchev–Trinajstić information content (AvgIpc) is 3.20. The van der Waals surface area contributed by atoms with Gasteiger partial charge in [0.15, 0.2) is 6.10 Å². The first-order valence-electron chi connectivity index (χ1n) is 24.2. The van der Waals surface area contributed by atoms with Crippen molar-refractivity contribution in [2.75, 3.05) is 19.8 Å². The van der Waals surface area contributed by atoms with E-state index in [1.54, 1.807) is 0 Å². The van der Waals surface area contributed by atoms with Crippen LogP contribution in [0, 0.1) is 0 Å². The topological polar surface area (TPSA) is 61.8 Å². The zero-order chi connectivity index (χ0) is 40.7. The standard InChI is InChI=1S/C51H92O5/c1-4-7-10-13-16-18-20-22-24-25-26-27-28-29-31-33-36-38-41-44-50(52)55-48-49(56-51(53)45-42-39-35-15-12-9-6-3)47-54-46-43-40-37-34-32-30-23-21-19-17-14-11-8-5-2/h7,10,16,18,22,24,26-27,49H,4-6,8-9,11-15,17,19-21,23,25,28-48H2,1-3H3/b10-7-,18-16-,24-22-,27-26-. The van der Waals surface area contributed by atoms with E-state index in [0.717, 1.165) is 70.6 Å². The van der Waals surface area contributed by atoms with Crippen LogP contribution >= 0.6 is 0 Å². The number of allylic oxidation sites excluding steroid dienone is 8. The molecule has 0 N–H and O–H groups in total. The van der Waals surface area contributed by atoms with Crippen LogP contribution in [0.2, 0.25) is 0 Å². The van der Waals surface area contributed by atoms with Crippen LogP contribution in [0.25, 0.3) is 0 Å². The summed E-state index contributed by atoms with van der Waals surface area (Å²) in [7, 11) is 0. The Hall–Kier alpha value is -2.14. The number of hydrogen-bond acceptors (Lipinski definition) is 5. The summed E-state index contributed by atoms with van der Waals surface area (Å²) in [4.78, 5) is 25.2. The molecule has 326 valence electrons. The molecule has 0 aliphatic heterocycles. The number of hydrogen-bond donors (Lipinski definition) is 0. The average molecular weight is 785 g/mol. The van der Waals surface area contributed by atoms with Crippen molar-refractivity contribution in [3.63, 3.8) is 0 Å². The lowest BCUT2D eigenvalue weighted by molar-refractivity contribution is -0.163. The minimum atomic E-state index is -0.534. The third-order valence-corrected chi connectivity index (χ3v) is 10.4. The predicted molar refractivity (Wildman–Crippen MR) is 242 cm³/mol. The van der Waals surface area contributed by atoms with Crippen LogP contribution in [0.4, 0.5) is 0 Å². The van der Waals surface area contributed by atoms with Gasteiger partial charge in [-0.25, -0.2) is 0 Å². The molecule has 0 spiro atoms. The van der Waals surface area contributed by atoms with Gasteiger partial charge in [-0.15, -0.1) is 0 Å². The SMILES string of the molecule is CC/C=C\C/C=C\C/C=C\C/C=C\CCCCCCCCC(=O)OCC(COCCCCCCCCCCCCCCCC)OC(=O)CCCCCCCCC. The summed E-state index contributed by atoms with van der Waals surface area (Å²) in [6.45, 7) is 7.69. The summed E-state index contributed by atoms with van der Waals surface area (Å²) in [5.41, 5.74) is 0. The van der Waals surface area contributed by atoms with Crippen molar-refractivity contribution in [2.24, 2.45) is 0 Å². The van der Waals surface area contributed by atoms with Crippen LogP contribution in [-0.2, 0) is 23.8 Å². The Kier molecular flexibility index (Phi) is 45.4. The van der Waals surface area contributed by atoms with Crippen molar-refractivity contribution < 1.29 is 23.8 Å². The molecule has 0 saturated carbocycles. The number of carbonyl (C=O) groups is 2. The smallest absolute Gasteiger partial charge is 0.306 e. The molecule has 1 unspecified atom stereocenters. The predicted octanol–water partition coefficient (Wildman–Crippen LogP) is 16.0. The molecule has 0 bridgehead atoms. The molecule has 0 fully saturated rings. The van der Waals surface area contributed by atoms with Crippen LogP contribution in [0.1, 0.15) is 239 Å². The van der Waals surface area contributed by atoms with E-state index in [1.165, 1.54) is 135 Å². The van der Waals surface area contributed by atoms with Crippen LogP contribution in [-0.4, -0.2) is 37.9 Å². The van der Waals surface area contributed by atoms with Crippen LogP contribution in [0.3, 0.4) is 0 Å². The zero-order valence-electron chi connectivity index (χ0n) is 37.4. The van der Waals surface area contributed by atoms with Crippen LogP contribution in [0.15, 0.2) is 48.6 Å². The molecule has 5 nitrogen and oxygen atoms in total. The third-order valence-electron chi connectivity index (χ3n) is 10.4. The van der Waals surface area contributed by atoms with Crippen LogP contribution in [0.5, 0.6) is 0 Å². The maximum absolute atomic E-state index is 12.6. The largest absolute Gasteiger partial charge is 0.462 e. The number of carbonyl (C=O) groups excluding carboxylic acids is 2. The van der Waals surface area contributed by atoms with Crippen molar-refractivity contribution in [1.82, 2.24) is 0 Å². The minimum absolute atomic E-state index is 0.0810. The Balaban J connectivity index is 4.13. The second kappa shape index (κ2) is 47.2. The van der Waals surface area contributed by atoms with Gasteiger partial charge in [-0.2, -0.15) is 0 Å². The monoisotopic (exact) mass is 785 g/mol. The Morgan fingerprint density at radius 3 is 1.29 bits per heavy atom. The van der Waals surface area contributed by atoms with E-state index in [1.807, 2.05) is 0 Å². The summed E-state index contributed by atoms with van der Waals surface area (Å²) >= 11 is 0. The normalized spacial score (nSPS) is 12.6. The van der Waals surface area contributed by atoms with Gasteiger partial charge in [0.25, 0.3) is 0 Å². The van der Waals surface area contributed by atoms with Crippen molar-refractivity contribution >= 4 is 11.9 Å². The summed E-state index contributed by atoms with van der Waals surface area (Å²) < 4.78 is 17.3. The molecule has 0 aliphatic rings. The highest BCUT2D eigenvalue weighted by molar-refractivity contribution is 5.70. The van der Waals surface area contributed by atoms with Gasteiger partial charge in [0.1, 0.15) is 6.61 Å². The molecule has 0 aromatic carbocycles.